The highest BCUT2D eigenvalue weighted by Gasteiger charge is 2.46. The molecule has 30 heteroatoms. The maximum atomic E-state index is 13.2. The molecule has 0 unspecified atom stereocenters. The van der Waals surface area contributed by atoms with E-state index in [9.17, 15) is 31.8 Å². The Kier molecular flexibility index (Phi) is 34.5. The molecule has 0 radical (unpaired) electrons. The molecule has 16 aromatic rings. The zero-order chi connectivity index (χ0) is 91.2. The molecule has 0 saturated carbocycles. The zero-order valence-electron chi connectivity index (χ0n) is 66.4. The largest absolute Gasteiger partial charge is 0.423 e. The van der Waals surface area contributed by atoms with Gasteiger partial charge in [-0.3, -0.25) is 0 Å². The summed E-state index contributed by atoms with van der Waals surface area (Å²) < 4.78 is 74.1. The zero-order valence-corrected chi connectivity index (χ0v) is 98.0. The van der Waals surface area contributed by atoms with E-state index in [4.69, 9.17) is 18.9 Å². The van der Waals surface area contributed by atoms with Gasteiger partial charge in [0.2, 0.25) is 9.84 Å². The van der Waals surface area contributed by atoms with E-state index in [1.54, 1.807) is 36.4 Å². The maximum absolute atomic E-state index is 13.2. The van der Waals surface area contributed by atoms with Gasteiger partial charge >= 0.3 is 23.9 Å². The molecule has 19 rings (SSSR count). The van der Waals surface area contributed by atoms with Gasteiger partial charge in [0.25, 0.3) is 0 Å². The van der Waals surface area contributed by atoms with Crippen molar-refractivity contribution in [2.75, 3.05) is 0 Å². The highest BCUT2D eigenvalue weighted by Crippen LogP contribution is 2.50. The average molecular weight is 3180 g/mol. The maximum Gasteiger partial charge on any atom is 0.345 e. The van der Waals surface area contributed by atoms with Crippen LogP contribution in [0.25, 0.3) is 0 Å². The standard InChI is InChI=1S/C25H14I3O4S2.C25H14I3O3S2.C25H14I3O2S2.C25H16I3O2S/c26-16-13-18(27)24(19(28)14-16)32-25(29)15-9-11-17(12-10-15)33-20-5-1-3-7-22(20)34(30,31)23-8-4-2-6-21(23)33;26-16-13-18(27)24(19(28)14-16)31-25(29)15-9-11-17(12-10-15)32-20-5-1-3-7-22(20)33(30)23-8-4-2-6-21(23)32;26-16-13-18(27)24(19(28)14-16)30-25(29)15-9-11-17(12-10-15)32-22-7-3-1-5-20(22)31-21-6-2-4-8-23(21)32;26-17-14-22(27)24(23(28)15-17)25(29)30-18-8-7-13-21(16-18)31(19-9-3-1-4-10-19)20-11-5-2-6-12-20/h1-14H;1-14H;1-14H;1-16H/q4*+1. The molecular weight excluding hydrogens is 3120 g/mol. The molecule has 3 aliphatic heterocycles. The van der Waals surface area contributed by atoms with Crippen molar-refractivity contribution in [3.8, 4) is 23.0 Å². The lowest BCUT2D eigenvalue weighted by atomic mass is 10.2. The fourth-order valence-electron chi connectivity index (χ4n) is 13.7. The molecule has 0 fully saturated rings. The van der Waals surface area contributed by atoms with Gasteiger partial charge in [0, 0.05) is 27.5 Å². The van der Waals surface area contributed by atoms with Crippen LogP contribution in [0.15, 0.2) is 440 Å². The van der Waals surface area contributed by atoms with Gasteiger partial charge in [0.1, 0.15) is 48.2 Å². The summed E-state index contributed by atoms with van der Waals surface area (Å²) in [6.07, 6.45) is 0. The Hall–Kier alpha value is -3.99. The van der Waals surface area contributed by atoms with E-state index in [1.807, 2.05) is 200 Å². The molecular formula is C100H58I12O11S7+4. The van der Waals surface area contributed by atoms with Gasteiger partial charge in [-0.2, -0.15) is 0 Å². The second kappa shape index (κ2) is 45.3. The Bertz CT molecular complexity index is 6950. The molecule has 0 atom stereocenters. The topological polar surface area (TPSA) is 156 Å². The third-order valence-corrected chi connectivity index (χ3v) is 43.0. The number of esters is 4. The van der Waals surface area contributed by atoms with Crippen LogP contribution in [-0.4, -0.2) is 36.5 Å². The number of carbonyl (C=O) groups is 4. The van der Waals surface area contributed by atoms with Crippen LogP contribution in [0, 0.1) is 42.8 Å². The number of ether oxygens (including phenoxy) is 4. The summed E-state index contributed by atoms with van der Waals surface area (Å²) >= 11 is 28.4. The van der Waals surface area contributed by atoms with Gasteiger partial charge in [0.15, 0.2) is 76.0 Å². The molecule has 0 aromatic heterocycles. The smallest absolute Gasteiger partial charge is 0.345 e. The van der Waals surface area contributed by atoms with E-state index in [-0.39, 0.29) is 39.7 Å². The number of fused-ring (bicyclic) bond motifs is 6. The van der Waals surface area contributed by atoms with Crippen molar-refractivity contribution in [3.63, 3.8) is 0 Å². The van der Waals surface area contributed by atoms with Gasteiger partial charge in [0.05, 0.1) is 85.0 Å². The number of hydrogen-bond acceptors (Lipinski definition) is 12. The predicted octanol–water partition coefficient (Wildman–Crippen LogP) is 30.4. The molecule has 0 aliphatic carbocycles. The lowest BCUT2D eigenvalue weighted by molar-refractivity contribution is 0.0722. The number of sulfone groups is 1. The quantitative estimate of drug-likeness (QED) is 0.0440. The Morgan fingerprint density at radius 3 is 0.946 bits per heavy atom. The second-order valence-electron chi connectivity index (χ2n) is 27.9. The first-order valence-electron chi connectivity index (χ1n) is 38.6. The molecule has 16 aromatic carbocycles. The highest BCUT2D eigenvalue weighted by molar-refractivity contribution is 14.1. The summed E-state index contributed by atoms with van der Waals surface area (Å²) in [7, 11) is -6.27. The predicted molar refractivity (Wildman–Crippen MR) is 618 cm³/mol. The van der Waals surface area contributed by atoms with Crippen molar-refractivity contribution in [2.45, 2.75) is 88.1 Å². The number of carbonyl (C=O) groups excluding carboxylic acids is 4. The van der Waals surface area contributed by atoms with E-state index >= 15 is 0 Å². The third-order valence-electron chi connectivity index (χ3n) is 19.5. The molecule has 11 nitrogen and oxygen atoms in total. The van der Waals surface area contributed by atoms with Crippen LogP contribution in [0.4, 0.5) is 0 Å². The lowest BCUT2D eigenvalue weighted by Gasteiger charge is -2.19. The van der Waals surface area contributed by atoms with E-state index in [2.05, 4.69) is 398 Å². The minimum Gasteiger partial charge on any atom is -0.423 e. The fourth-order valence-corrected chi connectivity index (χ4v) is 43.9. The van der Waals surface area contributed by atoms with E-state index in [1.165, 1.54) is 34.3 Å². The Morgan fingerprint density at radius 1 is 0.285 bits per heavy atom. The van der Waals surface area contributed by atoms with Crippen molar-refractivity contribution < 1.29 is 50.8 Å². The minimum atomic E-state index is -3.58. The summed E-state index contributed by atoms with van der Waals surface area (Å²) in [6, 6.07) is 115. The second-order valence-corrected chi connectivity index (χ2v) is 54.4. The van der Waals surface area contributed by atoms with E-state index < -0.39 is 48.4 Å². The summed E-state index contributed by atoms with van der Waals surface area (Å²) in [5.74, 6) is 0.833. The first-order chi connectivity index (χ1) is 62.7. The van der Waals surface area contributed by atoms with Crippen LogP contribution in [0.5, 0.6) is 23.0 Å². The van der Waals surface area contributed by atoms with Crippen molar-refractivity contribution in [2.24, 2.45) is 0 Å². The van der Waals surface area contributed by atoms with Crippen LogP contribution in [-0.2, 0) is 64.2 Å². The van der Waals surface area contributed by atoms with Crippen LogP contribution >= 0.6 is 283 Å². The van der Waals surface area contributed by atoms with Crippen LogP contribution in [0.3, 0.4) is 0 Å². The summed E-state index contributed by atoms with van der Waals surface area (Å²) in [5.41, 5.74) is 2.09. The fraction of sp³-hybridized carbons (Fsp3) is 0. The van der Waals surface area contributed by atoms with Gasteiger partial charge in [-0.05, 0) is 502 Å². The normalized spacial score (nSPS) is 13.6. The van der Waals surface area contributed by atoms with E-state index in [0.29, 0.717) is 55.0 Å². The number of benzene rings is 16. The lowest BCUT2D eigenvalue weighted by Crippen LogP contribution is -2.20. The van der Waals surface area contributed by atoms with Crippen molar-refractivity contribution >= 4 is 371 Å². The molecule has 130 heavy (non-hydrogen) atoms. The average Bonchev–Trinajstić information content (AvgIpc) is 0.698. The van der Waals surface area contributed by atoms with Crippen molar-refractivity contribution in [1.29, 1.82) is 0 Å². The molecule has 3 heterocycles. The van der Waals surface area contributed by atoms with Gasteiger partial charge in [-0.15, -0.1) is 0 Å². The SMILES string of the molecule is O=C(Oc1c(I)cc(I)cc1I)c1ccc([S+]2c3ccccc3S(=O)(=O)c3ccccc32)cc1.O=C(Oc1c(I)cc(I)cc1I)c1ccc([S+]2c3ccccc3S(=O)c3ccccc32)cc1.O=C(Oc1c(I)cc(I)cc1I)c1ccc([S+]2c3ccccc3Sc3ccccc32)cc1.O=C(Oc1cccc([S+](c2ccccc2)c2ccccc2)c1)c1c(I)cc(I)cc1I. The first-order valence-corrected chi connectivity index (χ1v) is 59.9. The monoisotopic (exact) mass is 3180 g/mol. The minimum absolute atomic E-state index is 0.203. The molecule has 3 aliphatic rings. The van der Waals surface area contributed by atoms with Crippen LogP contribution < -0.4 is 18.9 Å². The summed E-state index contributed by atoms with van der Waals surface area (Å²) in [6.45, 7) is 0. The van der Waals surface area contributed by atoms with Crippen LogP contribution in [0.2, 0.25) is 0 Å². The Balaban J connectivity index is 0.000000127. The number of rotatable bonds is 14. The Morgan fingerprint density at radius 2 is 0.577 bits per heavy atom. The number of halogens is 12. The van der Waals surface area contributed by atoms with E-state index in [0.717, 1.165) is 86.9 Å². The highest BCUT2D eigenvalue weighted by atomic mass is 127. The molecule has 0 spiro atoms. The summed E-state index contributed by atoms with van der Waals surface area (Å²) in [5, 5.41) is 0. The number of hydrogen-bond donors (Lipinski definition) is 0. The van der Waals surface area contributed by atoms with Crippen LogP contribution in [0.1, 0.15) is 41.4 Å². The molecule has 0 bridgehead atoms. The van der Waals surface area contributed by atoms with Crippen molar-refractivity contribution in [1.82, 2.24) is 0 Å². The molecule has 0 amide bonds. The van der Waals surface area contributed by atoms with Gasteiger partial charge in [-0.25, -0.2) is 31.8 Å². The third kappa shape index (κ3) is 22.9. The molecule has 0 saturated heterocycles. The summed E-state index contributed by atoms with van der Waals surface area (Å²) in [4.78, 5) is 69.6. The Labute approximate surface area is 933 Å². The van der Waals surface area contributed by atoms with Gasteiger partial charge < -0.3 is 18.9 Å². The molecule has 0 N–H and O–H groups in total. The first kappa shape index (κ1) is 99.0. The van der Waals surface area contributed by atoms with Crippen molar-refractivity contribution in [3.05, 3.63) is 417 Å². The molecule has 646 valence electrons. The van der Waals surface area contributed by atoms with Gasteiger partial charge in [-0.1, -0.05) is 127 Å².